The maximum Gasteiger partial charge on any atom is 0.189 e. The van der Waals surface area contributed by atoms with Crippen LogP contribution in [0.5, 0.6) is 5.75 Å². The zero-order valence-corrected chi connectivity index (χ0v) is 8.05. The Morgan fingerprint density at radius 3 is 3.07 bits per heavy atom. The molecule has 3 N–H and O–H groups in total. The minimum absolute atomic E-state index is 0.0268. The Hall–Kier alpha value is -1.62. The van der Waals surface area contributed by atoms with E-state index in [-0.39, 0.29) is 31.5 Å². The molecule has 4 nitrogen and oxygen atoms in total. The van der Waals surface area contributed by atoms with E-state index in [2.05, 4.69) is 0 Å². The Kier molecular flexibility index (Phi) is 2.55. The number of hydrogen-bond donors (Lipinski definition) is 2. The molecule has 0 fully saturated rings. The first-order chi connectivity index (χ1) is 7.18. The molecule has 0 aliphatic carbocycles. The highest BCUT2D eigenvalue weighted by Gasteiger charge is 2.19. The number of nitrogens with one attached hydrogen (secondary N) is 1. The van der Waals surface area contributed by atoms with Crippen molar-refractivity contribution in [3.05, 3.63) is 29.1 Å². The number of ether oxygens (including phenoxy) is 2. The van der Waals surface area contributed by atoms with Gasteiger partial charge in [0, 0.05) is 12.0 Å². The van der Waals surface area contributed by atoms with Gasteiger partial charge < -0.3 is 15.2 Å². The Morgan fingerprint density at radius 2 is 2.33 bits per heavy atom. The Morgan fingerprint density at radius 1 is 1.53 bits per heavy atom. The standard InChI is InChI=1S/C10H11FN2O2/c11-8-2-1-6(3-9(12)13)10-7(8)4-14-5-15-10/h1-2H,3-5H2,(H3,12,13). The number of amidine groups is 1. The number of halogens is 1. The number of rotatable bonds is 2. The summed E-state index contributed by atoms with van der Waals surface area (Å²) < 4.78 is 23.6. The van der Waals surface area contributed by atoms with E-state index >= 15 is 0 Å². The van der Waals surface area contributed by atoms with E-state index < -0.39 is 0 Å². The molecule has 80 valence electrons. The molecule has 0 atom stereocenters. The van der Waals surface area contributed by atoms with Crippen LogP contribution in [-0.4, -0.2) is 12.6 Å². The fourth-order valence-electron chi connectivity index (χ4n) is 1.56. The summed E-state index contributed by atoms with van der Waals surface area (Å²) in [5.41, 5.74) is 6.43. The molecule has 5 heteroatoms. The summed E-state index contributed by atoms with van der Waals surface area (Å²) in [6.07, 6.45) is 0.266. The highest BCUT2D eigenvalue weighted by molar-refractivity contribution is 5.80. The van der Waals surface area contributed by atoms with E-state index in [4.69, 9.17) is 20.6 Å². The van der Waals surface area contributed by atoms with Gasteiger partial charge in [-0.3, -0.25) is 5.41 Å². The summed E-state index contributed by atoms with van der Waals surface area (Å²) >= 11 is 0. The Balaban J connectivity index is 2.43. The molecule has 0 saturated carbocycles. The lowest BCUT2D eigenvalue weighted by Crippen LogP contribution is -2.18. The lowest BCUT2D eigenvalue weighted by atomic mass is 10.0. The number of fused-ring (bicyclic) bond motifs is 1. The van der Waals surface area contributed by atoms with Gasteiger partial charge in [-0.05, 0) is 6.07 Å². The van der Waals surface area contributed by atoms with Gasteiger partial charge in [-0.1, -0.05) is 6.07 Å². The normalized spacial score (nSPS) is 14.2. The molecule has 0 unspecified atom stereocenters. The average molecular weight is 210 g/mol. The van der Waals surface area contributed by atoms with Crippen LogP contribution in [0, 0.1) is 11.2 Å². The number of nitrogens with two attached hydrogens (primary N) is 1. The monoisotopic (exact) mass is 210 g/mol. The van der Waals surface area contributed by atoms with Gasteiger partial charge in [0.15, 0.2) is 6.79 Å². The molecule has 1 aliphatic heterocycles. The minimum Gasteiger partial charge on any atom is -0.467 e. The van der Waals surface area contributed by atoms with Gasteiger partial charge in [-0.15, -0.1) is 0 Å². The number of benzene rings is 1. The van der Waals surface area contributed by atoms with Crippen LogP contribution in [0.1, 0.15) is 11.1 Å². The van der Waals surface area contributed by atoms with Crippen LogP contribution in [-0.2, 0) is 17.8 Å². The van der Waals surface area contributed by atoms with E-state index in [1.165, 1.54) is 6.07 Å². The molecule has 0 radical (unpaired) electrons. The van der Waals surface area contributed by atoms with Crippen molar-refractivity contribution in [2.24, 2.45) is 5.73 Å². The molecule has 1 heterocycles. The predicted molar refractivity (Wildman–Crippen MR) is 52.3 cm³/mol. The molecular weight excluding hydrogens is 199 g/mol. The first-order valence-corrected chi connectivity index (χ1v) is 4.52. The maximum atomic E-state index is 13.3. The summed E-state index contributed by atoms with van der Waals surface area (Å²) in [6, 6.07) is 2.93. The summed E-state index contributed by atoms with van der Waals surface area (Å²) in [4.78, 5) is 0. The van der Waals surface area contributed by atoms with E-state index in [9.17, 15) is 4.39 Å². The first-order valence-electron chi connectivity index (χ1n) is 4.52. The van der Waals surface area contributed by atoms with Crippen LogP contribution in [0.3, 0.4) is 0 Å². The van der Waals surface area contributed by atoms with E-state index in [0.29, 0.717) is 11.3 Å². The van der Waals surface area contributed by atoms with Crippen LogP contribution < -0.4 is 10.5 Å². The maximum absolute atomic E-state index is 13.3. The van der Waals surface area contributed by atoms with Gasteiger partial charge in [0.2, 0.25) is 0 Å². The van der Waals surface area contributed by atoms with E-state index in [1.807, 2.05) is 0 Å². The van der Waals surface area contributed by atoms with E-state index in [1.54, 1.807) is 6.07 Å². The van der Waals surface area contributed by atoms with Gasteiger partial charge in [0.1, 0.15) is 11.6 Å². The zero-order chi connectivity index (χ0) is 10.8. The summed E-state index contributed by atoms with van der Waals surface area (Å²) in [5, 5.41) is 7.20. The lowest BCUT2D eigenvalue weighted by Gasteiger charge is -2.20. The minimum atomic E-state index is -0.350. The fourth-order valence-corrected chi connectivity index (χ4v) is 1.56. The third-order valence-electron chi connectivity index (χ3n) is 2.20. The van der Waals surface area contributed by atoms with Crippen LogP contribution in [0.15, 0.2) is 12.1 Å². The summed E-state index contributed by atoms with van der Waals surface area (Å²) in [7, 11) is 0. The third kappa shape index (κ3) is 1.92. The second-order valence-corrected chi connectivity index (χ2v) is 3.33. The van der Waals surface area contributed by atoms with Crippen molar-refractivity contribution in [3.63, 3.8) is 0 Å². The van der Waals surface area contributed by atoms with Crippen molar-refractivity contribution in [1.29, 1.82) is 5.41 Å². The molecule has 0 saturated heterocycles. The SMILES string of the molecule is N=C(N)Cc1ccc(F)c2c1OCOC2. The van der Waals surface area contributed by atoms with Gasteiger partial charge in [-0.2, -0.15) is 0 Å². The Labute approximate surface area is 86.3 Å². The predicted octanol–water partition coefficient (Wildman–Crippen LogP) is 1.17. The van der Waals surface area contributed by atoms with Crippen molar-refractivity contribution in [3.8, 4) is 5.75 Å². The Bertz CT molecular complexity index is 407. The molecule has 1 aromatic rings. The topological polar surface area (TPSA) is 68.3 Å². The summed E-state index contributed by atoms with van der Waals surface area (Å²) in [5.74, 6) is 0.146. The van der Waals surface area contributed by atoms with Crippen LogP contribution in [0.25, 0.3) is 0 Å². The molecule has 2 rings (SSSR count). The molecule has 1 aliphatic rings. The van der Waals surface area contributed by atoms with E-state index in [0.717, 1.165) is 5.56 Å². The van der Waals surface area contributed by atoms with Crippen LogP contribution in [0.2, 0.25) is 0 Å². The fraction of sp³-hybridized carbons (Fsp3) is 0.300. The second-order valence-electron chi connectivity index (χ2n) is 3.33. The van der Waals surface area contributed by atoms with Gasteiger partial charge >= 0.3 is 0 Å². The molecule has 1 aromatic carbocycles. The zero-order valence-electron chi connectivity index (χ0n) is 8.05. The lowest BCUT2D eigenvalue weighted by molar-refractivity contribution is -0.0188. The van der Waals surface area contributed by atoms with Gasteiger partial charge in [0.25, 0.3) is 0 Å². The number of hydrogen-bond acceptors (Lipinski definition) is 3. The largest absolute Gasteiger partial charge is 0.467 e. The molecule has 0 amide bonds. The van der Waals surface area contributed by atoms with Crippen molar-refractivity contribution in [1.82, 2.24) is 0 Å². The van der Waals surface area contributed by atoms with Crippen molar-refractivity contribution >= 4 is 5.84 Å². The molecule has 0 spiro atoms. The highest BCUT2D eigenvalue weighted by Crippen LogP contribution is 2.30. The molecule has 0 aromatic heterocycles. The highest BCUT2D eigenvalue weighted by atomic mass is 19.1. The van der Waals surface area contributed by atoms with Crippen molar-refractivity contribution in [2.75, 3.05) is 6.79 Å². The first kappa shape index (κ1) is 9.92. The molecule has 15 heavy (non-hydrogen) atoms. The quantitative estimate of drug-likeness (QED) is 0.568. The summed E-state index contributed by atoms with van der Waals surface area (Å²) in [6.45, 7) is 0.314. The van der Waals surface area contributed by atoms with Crippen molar-refractivity contribution < 1.29 is 13.9 Å². The second kappa shape index (κ2) is 3.86. The smallest absolute Gasteiger partial charge is 0.189 e. The van der Waals surface area contributed by atoms with Crippen LogP contribution >= 0.6 is 0 Å². The average Bonchev–Trinajstić information content (AvgIpc) is 2.22. The van der Waals surface area contributed by atoms with Gasteiger partial charge in [-0.25, -0.2) is 4.39 Å². The van der Waals surface area contributed by atoms with Crippen molar-refractivity contribution in [2.45, 2.75) is 13.0 Å². The van der Waals surface area contributed by atoms with Gasteiger partial charge in [0.05, 0.1) is 18.0 Å². The molecular formula is C10H11FN2O2. The third-order valence-corrected chi connectivity index (χ3v) is 2.20. The molecule has 0 bridgehead atoms. The van der Waals surface area contributed by atoms with Crippen LogP contribution in [0.4, 0.5) is 4.39 Å².